The van der Waals surface area contributed by atoms with Crippen LogP contribution in [-0.4, -0.2) is 50.4 Å². The van der Waals surface area contributed by atoms with E-state index in [4.69, 9.17) is 31.3 Å². The van der Waals surface area contributed by atoms with Gasteiger partial charge in [-0.05, 0) is 40.7 Å². The molecular weight excluding hydrogens is 1100 g/mol. The Labute approximate surface area is 492 Å². The molecule has 2 aliphatic rings. The lowest BCUT2D eigenvalue weighted by Crippen LogP contribution is -2.72. The number of esters is 1. The number of benzene rings is 8. The number of carbonyl (C=O) groups is 3. The van der Waals surface area contributed by atoms with Gasteiger partial charge in [-0.15, -0.1) is 11.3 Å². The second kappa shape index (κ2) is 24.0. The number of thioether (sulfide) groups is 1. The molecule has 12 rings (SSSR count). The number of nitrogens with zero attached hydrogens (tertiary/aromatic N) is 4. The molecule has 82 heavy (non-hydrogen) atoms. The second-order valence-corrected chi connectivity index (χ2v) is 22.9. The molecule has 2 aliphatic heterocycles. The second-order valence-electron chi connectivity index (χ2n) is 19.5. The van der Waals surface area contributed by atoms with Crippen LogP contribution in [0.15, 0.2) is 274 Å². The Hall–Kier alpha value is -8.92. The standard InChI is InChI=1S/C67H51ClN6O5S3/c68-61-57(71-65(82-61)72-66(47-29-13-3-14-30-47,48-31-15-4-16-32-48)49-33-17-5-18-34-49)58(73-79-67(50-35-19-6-20-36-50,51-37-21-7-22-38-51)52-39-23-8-24-40-52)62(75)70-56-53-41-42-54(81-55-43-80-44-69-55)59(74(53)63(56)76)64(77)78-60(45-25-9-1-10-26-45)46-27-11-2-12-28-46/h1-40,43-44,53,56,60H,41-42H2,(H,70,75)(H,71,72)/b73-58-/t53-,56+/m1/s1. The van der Waals surface area contributed by atoms with Crippen LogP contribution in [0, 0.1) is 0 Å². The highest BCUT2D eigenvalue weighted by Gasteiger charge is 2.55. The number of rotatable bonds is 19. The summed E-state index contributed by atoms with van der Waals surface area (Å²) in [4.78, 5) is 64.4. The maximum absolute atomic E-state index is 15.6. The SMILES string of the molecule is O=C(OC(c1ccccc1)c1ccccc1)C1=C(Sc2cscn2)CC[C@@H]2[C@H](NC(=O)/C(=N\OC(c3ccccc3)(c3ccccc3)c3ccccc3)c3nc(NC(c4ccccc4)(c4ccccc4)c4ccccc4)sc3Cl)C(=O)N12. The minimum Gasteiger partial charge on any atom is -0.448 e. The van der Waals surface area contributed by atoms with Gasteiger partial charge in [0, 0.05) is 27.0 Å². The minimum atomic E-state index is -1.42. The van der Waals surface area contributed by atoms with Crippen molar-refractivity contribution in [1.29, 1.82) is 0 Å². The highest BCUT2D eigenvalue weighted by Crippen LogP contribution is 2.47. The predicted molar refractivity (Wildman–Crippen MR) is 324 cm³/mol. The number of allylic oxidation sites excluding steroid dienone is 1. The van der Waals surface area contributed by atoms with E-state index < -0.39 is 47.1 Å². The molecule has 0 radical (unpaired) electrons. The van der Waals surface area contributed by atoms with Crippen LogP contribution in [-0.2, 0) is 35.1 Å². The maximum Gasteiger partial charge on any atom is 0.356 e. The van der Waals surface area contributed by atoms with Crippen molar-refractivity contribution in [2.24, 2.45) is 5.16 Å². The van der Waals surface area contributed by atoms with Crippen molar-refractivity contribution in [2.75, 3.05) is 5.32 Å². The van der Waals surface area contributed by atoms with Gasteiger partial charge in [-0.3, -0.25) is 14.5 Å². The number of nitrogens with one attached hydrogen (secondary N) is 2. The molecule has 0 saturated carbocycles. The zero-order chi connectivity index (χ0) is 55.9. The van der Waals surface area contributed by atoms with E-state index in [1.807, 2.05) is 212 Å². The maximum atomic E-state index is 15.6. The fourth-order valence-corrected chi connectivity index (χ4v) is 13.7. The Morgan fingerprint density at radius 2 is 1.10 bits per heavy atom. The average Bonchev–Trinajstić information content (AvgIpc) is 4.00. The molecule has 0 aliphatic carbocycles. The van der Waals surface area contributed by atoms with E-state index in [0.717, 1.165) is 55.8 Å². The van der Waals surface area contributed by atoms with Crippen LogP contribution in [0.25, 0.3) is 0 Å². The summed E-state index contributed by atoms with van der Waals surface area (Å²) in [6.45, 7) is 0. The number of hydrogen-bond donors (Lipinski definition) is 2. The highest BCUT2D eigenvalue weighted by atomic mass is 35.5. The van der Waals surface area contributed by atoms with Crippen LogP contribution in [0.3, 0.4) is 0 Å². The van der Waals surface area contributed by atoms with E-state index in [1.54, 1.807) is 5.51 Å². The summed E-state index contributed by atoms with van der Waals surface area (Å²) in [5.74, 6) is -1.96. The fourth-order valence-electron chi connectivity index (χ4n) is 10.9. The van der Waals surface area contributed by atoms with Crippen LogP contribution in [0.2, 0.25) is 4.34 Å². The summed E-state index contributed by atoms with van der Waals surface area (Å²) in [5, 5.41) is 14.7. The van der Waals surface area contributed by atoms with Gasteiger partial charge in [-0.2, -0.15) is 0 Å². The zero-order valence-electron chi connectivity index (χ0n) is 43.8. The van der Waals surface area contributed by atoms with Gasteiger partial charge < -0.3 is 20.2 Å². The normalized spacial score (nSPS) is 15.3. The molecule has 8 aromatic carbocycles. The van der Waals surface area contributed by atoms with E-state index in [-0.39, 0.29) is 21.4 Å². The summed E-state index contributed by atoms with van der Waals surface area (Å²) >= 11 is 11.3. The van der Waals surface area contributed by atoms with Gasteiger partial charge in [0.1, 0.15) is 32.3 Å². The molecule has 0 unspecified atom stereocenters. The smallest absolute Gasteiger partial charge is 0.356 e. The van der Waals surface area contributed by atoms with Crippen molar-refractivity contribution in [3.63, 3.8) is 0 Å². The molecule has 2 N–H and O–H groups in total. The molecule has 4 heterocycles. The number of halogens is 1. The van der Waals surface area contributed by atoms with Crippen LogP contribution in [0.4, 0.5) is 5.13 Å². The Balaban J connectivity index is 0.949. The number of carbonyl (C=O) groups excluding carboxylic acids is 3. The van der Waals surface area contributed by atoms with E-state index >= 15 is 9.59 Å². The Morgan fingerprint density at radius 1 is 0.646 bits per heavy atom. The first-order valence-corrected chi connectivity index (χ1v) is 29.6. The van der Waals surface area contributed by atoms with Gasteiger partial charge in [0.05, 0.1) is 11.6 Å². The van der Waals surface area contributed by atoms with Gasteiger partial charge in [-0.25, -0.2) is 14.8 Å². The third-order valence-corrected chi connectivity index (χ3v) is 17.7. The number of oxime groups is 1. The molecule has 1 saturated heterocycles. The Morgan fingerprint density at radius 3 is 1.55 bits per heavy atom. The van der Waals surface area contributed by atoms with Crippen molar-refractivity contribution in [3.05, 3.63) is 319 Å². The zero-order valence-corrected chi connectivity index (χ0v) is 47.0. The highest BCUT2D eigenvalue weighted by molar-refractivity contribution is 8.03. The Kier molecular flexibility index (Phi) is 15.7. The number of fused-ring (bicyclic) bond motifs is 1. The van der Waals surface area contributed by atoms with Crippen molar-refractivity contribution in [1.82, 2.24) is 20.2 Å². The lowest BCUT2D eigenvalue weighted by molar-refractivity contribution is -0.158. The number of hydrogen-bond acceptors (Lipinski definition) is 12. The topological polar surface area (TPSA) is 135 Å². The number of thiazole rings is 2. The van der Waals surface area contributed by atoms with Gasteiger partial charge in [0.2, 0.25) is 5.60 Å². The van der Waals surface area contributed by atoms with Crippen LogP contribution in [0.5, 0.6) is 0 Å². The van der Waals surface area contributed by atoms with E-state index in [0.29, 0.717) is 27.9 Å². The lowest BCUT2D eigenvalue weighted by atomic mass is 9.77. The summed E-state index contributed by atoms with van der Waals surface area (Å²) in [6, 6.07) is 76.5. The Bertz CT molecular complexity index is 3650. The average molecular weight is 1150 g/mol. The molecule has 2 amide bonds. The van der Waals surface area contributed by atoms with E-state index in [9.17, 15) is 4.79 Å². The van der Waals surface area contributed by atoms with Crippen LogP contribution >= 0.6 is 46.0 Å². The van der Waals surface area contributed by atoms with Crippen molar-refractivity contribution >= 4 is 74.7 Å². The van der Waals surface area contributed by atoms with Crippen LogP contribution < -0.4 is 10.6 Å². The minimum absolute atomic E-state index is 0.0177. The number of β-lactam (4-membered cyclic amide) rings is 1. The number of amides is 2. The van der Waals surface area contributed by atoms with E-state index in [2.05, 4.69) is 52.0 Å². The van der Waals surface area contributed by atoms with Gasteiger partial charge in [0.15, 0.2) is 16.9 Å². The van der Waals surface area contributed by atoms with Gasteiger partial charge in [-0.1, -0.05) is 283 Å². The summed E-state index contributed by atoms with van der Waals surface area (Å²) < 4.78 is 6.59. The molecule has 10 aromatic rings. The quantitative estimate of drug-likeness (QED) is 0.0267. The molecule has 2 aromatic heterocycles. The summed E-state index contributed by atoms with van der Waals surface area (Å²) in [7, 11) is 0. The lowest BCUT2D eigenvalue weighted by Gasteiger charge is -2.50. The first-order chi connectivity index (χ1) is 40.3. The van der Waals surface area contributed by atoms with Crippen molar-refractivity contribution in [2.45, 2.75) is 47.2 Å². The first-order valence-electron chi connectivity index (χ1n) is 26.6. The number of ether oxygens (including phenoxy) is 1. The molecule has 0 spiro atoms. The summed E-state index contributed by atoms with van der Waals surface area (Å²) in [5.41, 5.74) is 5.63. The van der Waals surface area contributed by atoms with Crippen molar-refractivity contribution < 1.29 is 24.0 Å². The third-order valence-electron chi connectivity index (χ3n) is 14.7. The molecule has 1 fully saturated rings. The molecular formula is C67H51ClN6O5S3. The molecule has 404 valence electrons. The molecule has 15 heteroatoms. The van der Waals surface area contributed by atoms with Crippen molar-refractivity contribution in [3.8, 4) is 0 Å². The van der Waals surface area contributed by atoms with E-state index in [1.165, 1.54) is 28.0 Å². The molecule has 11 nitrogen and oxygen atoms in total. The summed E-state index contributed by atoms with van der Waals surface area (Å²) in [6.07, 6.45) is 0.0228. The number of anilines is 1. The fraction of sp³-hybridized carbons (Fsp3) is 0.104. The van der Waals surface area contributed by atoms with Crippen LogP contribution in [0.1, 0.15) is 69.1 Å². The number of aromatic nitrogens is 2. The monoisotopic (exact) mass is 1150 g/mol. The third kappa shape index (κ3) is 10.5. The van der Waals surface area contributed by atoms with Gasteiger partial charge >= 0.3 is 5.97 Å². The van der Waals surface area contributed by atoms with Gasteiger partial charge in [0.25, 0.3) is 11.8 Å². The molecule has 2 atom stereocenters. The molecule has 0 bridgehead atoms. The predicted octanol–water partition coefficient (Wildman–Crippen LogP) is 14.2. The largest absolute Gasteiger partial charge is 0.448 e. The first kappa shape index (κ1) is 53.7.